The summed E-state index contributed by atoms with van der Waals surface area (Å²) in [6.07, 6.45) is 0. The van der Waals surface area contributed by atoms with E-state index in [9.17, 15) is 0 Å². The quantitative estimate of drug-likeness (QED) is 0.454. The van der Waals surface area contributed by atoms with Crippen molar-refractivity contribution >= 4 is 38.7 Å². The predicted octanol–water partition coefficient (Wildman–Crippen LogP) is 3.95. The third-order valence-electron chi connectivity index (χ3n) is 0.250. The average Bonchev–Trinajstić information content (AvgIpc) is 2.06. The van der Waals surface area contributed by atoms with Gasteiger partial charge in [0.05, 0.1) is 0 Å². The SMILES string of the molecule is [I][Pt+2][I].[NH-]CC[NH-].[NH-]CC[NH-]. The maximum Gasteiger partial charge on any atom is -0.171 e. The normalized spacial score (nSPS) is 7.45. The van der Waals surface area contributed by atoms with Gasteiger partial charge in [-0.15, -0.1) is 0 Å². The van der Waals surface area contributed by atoms with Crippen LogP contribution in [0.15, 0.2) is 0 Å². The van der Waals surface area contributed by atoms with Crippen molar-refractivity contribution in [3.8, 4) is 0 Å². The van der Waals surface area contributed by atoms with Gasteiger partial charge in [-0.25, -0.2) is 0 Å². The van der Waals surface area contributed by atoms with Crippen LogP contribution in [0, 0.1) is 0 Å². The molecule has 7 heteroatoms. The van der Waals surface area contributed by atoms with Crippen LogP contribution in [0.1, 0.15) is 0 Å². The van der Waals surface area contributed by atoms with Crippen molar-refractivity contribution < 1.29 is 11.2 Å². The molecule has 0 bridgehead atoms. The molecule has 0 aromatic heterocycles. The average molecular weight is 565 g/mol. The summed E-state index contributed by atoms with van der Waals surface area (Å²) in [5, 5.41) is 0. The van der Waals surface area contributed by atoms with Crippen LogP contribution in [0.4, 0.5) is 0 Å². The van der Waals surface area contributed by atoms with Gasteiger partial charge in [0.15, 0.2) is 0 Å². The molecule has 4 N–H and O–H groups in total. The molecule has 0 saturated heterocycles. The smallest absolute Gasteiger partial charge is 0.171 e. The van der Waals surface area contributed by atoms with Crippen LogP contribution in [0.5, 0.6) is 0 Å². The fraction of sp³-hybridized carbons (Fsp3) is 1.00. The Morgan fingerprint density at radius 3 is 0.818 bits per heavy atom. The zero-order chi connectivity index (χ0) is 9.54. The third kappa shape index (κ3) is 75.2. The Kier molecular flexibility index (Phi) is 50.4. The fourth-order valence-corrected chi connectivity index (χ4v) is 0. The summed E-state index contributed by atoms with van der Waals surface area (Å²) in [6.45, 7) is 0.944. The second kappa shape index (κ2) is 29.6. The van der Waals surface area contributed by atoms with Crippen LogP contribution >= 0.6 is 38.7 Å². The topological polar surface area (TPSA) is 95.2 Å². The molecule has 0 rings (SSSR count). The van der Waals surface area contributed by atoms with Gasteiger partial charge >= 0.3 is 49.9 Å². The molecule has 0 radical (unpaired) electrons. The number of halogens is 2. The van der Waals surface area contributed by atoms with Gasteiger partial charge in [0, 0.05) is 0 Å². The number of hydrogen-bond acceptors (Lipinski definition) is 0. The van der Waals surface area contributed by atoms with E-state index in [1.807, 2.05) is 0 Å². The van der Waals surface area contributed by atoms with Crippen molar-refractivity contribution in [3.63, 3.8) is 0 Å². The number of hydrogen-bond donors (Lipinski definition) is 0. The molecule has 4 nitrogen and oxygen atoms in total. The van der Waals surface area contributed by atoms with Crippen LogP contribution < -0.4 is 0 Å². The Bertz CT molecular complexity index is 35.3. The minimum atomic E-state index is 0.236. The Morgan fingerprint density at radius 2 is 0.818 bits per heavy atom. The third-order valence-corrected chi connectivity index (χ3v) is 0.250. The van der Waals surface area contributed by atoms with Gasteiger partial charge in [-0.3, -0.25) is 0 Å². The zero-order valence-electron chi connectivity index (χ0n) is 5.90. The summed E-state index contributed by atoms with van der Waals surface area (Å²) in [5.74, 6) is 0. The fourth-order valence-electron chi connectivity index (χ4n) is 0. The van der Waals surface area contributed by atoms with Crippen LogP contribution in [-0.4, -0.2) is 26.2 Å². The van der Waals surface area contributed by atoms with E-state index in [4.69, 9.17) is 22.9 Å². The first-order valence-corrected chi connectivity index (χ1v) is 15.5. The summed E-state index contributed by atoms with van der Waals surface area (Å²) in [6, 6.07) is 0. The second-order valence-corrected chi connectivity index (χ2v) is 17.6. The van der Waals surface area contributed by atoms with Crippen molar-refractivity contribution in [2.24, 2.45) is 0 Å². The minimum absolute atomic E-state index is 0.236. The first-order valence-electron chi connectivity index (χ1n) is 2.65. The standard InChI is InChI=1S/2C2H6N2.2HI.Pt/c2*3-1-2-4;;;/h2*3-4H,1-2H2;2*1H;/q2*-2;;;+4/p-2. The maximum absolute atomic E-state index is 6.26. The second-order valence-electron chi connectivity index (χ2n) is 1.05. The van der Waals surface area contributed by atoms with Gasteiger partial charge < -0.3 is 22.9 Å². The Hall–Kier alpha value is 1.99. The van der Waals surface area contributed by atoms with E-state index in [1.165, 1.54) is 0 Å². The van der Waals surface area contributed by atoms with E-state index in [1.54, 1.807) is 0 Å². The summed E-state index contributed by atoms with van der Waals surface area (Å²) in [4.78, 5) is 0. The summed E-state index contributed by atoms with van der Waals surface area (Å²) in [7, 11) is 0. The molecular weight excluding hydrogens is 553 g/mol. The first kappa shape index (κ1) is 18.7. The molecule has 0 saturated carbocycles. The van der Waals surface area contributed by atoms with Crippen LogP contribution in [0.25, 0.3) is 22.9 Å². The molecule has 0 atom stereocenters. The molecule has 0 fully saturated rings. The van der Waals surface area contributed by atoms with E-state index in [2.05, 4.69) is 38.7 Å². The van der Waals surface area contributed by atoms with Crippen LogP contribution in [0.3, 0.4) is 0 Å². The van der Waals surface area contributed by atoms with Crippen molar-refractivity contribution in [1.82, 2.24) is 0 Å². The van der Waals surface area contributed by atoms with Gasteiger partial charge in [0.1, 0.15) is 0 Å². The zero-order valence-corrected chi connectivity index (χ0v) is 12.5. The largest absolute Gasteiger partial charge is 0.679 e. The maximum atomic E-state index is 6.26. The summed E-state index contributed by atoms with van der Waals surface area (Å²) >= 11 is 5.30. The summed E-state index contributed by atoms with van der Waals surface area (Å²) in [5.41, 5.74) is 25.1. The van der Waals surface area contributed by atoms with Gasteiger partial charge in [0.25, 0.3) is 0 Å². The van der Waals surface area contributed by atoms with Gasteiger partial charge in [0.2, 0.25) is 0 Å². The minimum Gasteiger partial charge on any atom is -0.679 e. The molecular formula is C4H12I2N4Pt-2. The molecule has 0 aliphatic carbocycles. The molecule has 0 aliphatic rings. The van der Waals surface area contributed by atoms with E-state index in [-0.39, 0.29) is 26.2 Å². The van der Waals surface area contributed by atoms with Crippen LogP contribution in [0.2, 0.25) is 0 Å². The van der Waals surface area contributed by atoms with Crippen molar-refractivity contribution in [1.29, 1.82) is 0 Å². The molecule has 11 heavy (non-hydrogen) atoms. The van der Waals surface area contributed by atoms with Crippen molar-refractivity contribution in [2.45, 2.75) is 0 Å². The molecule has 0 spiro atoms. The molecule has 0 aromatic carbocycles. The van der Waals surface area contributed by atoms with E-state index in [0.717, 1.165) is 0 Å². The Morgan fingerprint density at radius 1 is 0.727 bits per heavy atom. The van der Waals surface area contributed by atoms with Gasteiger partial charge in [-0.05, 0) is 0 Å². The van der Waals surface area contributed by atoms with Crippen molar-refractivity contribution in [3.05, 3.63) is 22.9 Å². The monoisotopic (exact) mass is 565 g/mol. The van der Waals surface area contributed by atoms with E-state index >= 15 is 0 Å². The van der Waals surface area contributed by atoms with Crippen molar-refractivity contribution in [2.75, 3.05) is 26.2 Å². The van der Waals surface area contributed by atoms with Gasteiger partial charge in [-0.2, -0.15) is 26.2 Å². The molecule has 0 amide bonds. The Balaban J connectivity index is -0.0000000886. The molecule has 0 aromatic rings. The Labute approximate surface area is 97.8 Å². The van der Waals surface area contributed by atoms with E-state index < -0.39 is 0 Å². The van der Waals surface area contributed by atoms with E-state index in [0.29, 0.717) is 11.2 Å². The summed E-state index contributed by atoms with van der Waals surface area (Å²) < 4.78 is 0. The van der Waals surface area contributed by atoms with Crippen LogP contribution in [-0.2, 0) is 11.2 Å². The molecule has 0 heterocycles. The molecule has 0 aliphatic heterocycles. The number of nitrogens with one attached hydrogen (secondary N) is 4. The number of rotatable bonds is 2. The molecule has 0 unspecified atom stereocenters. The van der Waals surface area contributed by atoms with Gasteiger partial charge in [-0.1, -0.05) is 0 Å². The predicted molar refractivity (Wildman–Crippen MR) is 64.8 cm³/mol. The first-order chi connectivity index (χ1) is 5.24. The molecule has 74 valence electrons.